The van der Waals surface area contributed by atoms with E-state index >= 15 is 0 Å². The van der Waals surface area contributed by atoms with Gasteiger partial charge in [0.1, 0.15) is 0 Å². The summed E-state index contributed by atoms with van der Waals surface area (Å²) < 4.78 is 1.62. The van der Waals surface area contributed by atoms with E-state index in [-0.39, 0.29) is 0 Å². The Labute approximate surface area is 102 Å². The van der Waals surface area contributed by atoms with Crippen LogP contribution in [0.15, 0.2) is 30.6 Å². The maximum absolute atomic E-state index is 11.2. The molecule has 3 N–H and O–H groups in total. The Kier molecular flexibility index (Phi) is 5.10. The molecule has 3 amide bonds. The number of imide groups is 1. The molecule has 0 bridgehead atoms. The molecular weight excluding hydrogens is 240 g/mol. The zero-order chi connectivity index (χ0) is 13.4. The van der Waals surface area contributed by atoms with Crippen LogP contribution in [0.1, 0.15) is 0 Å². The number of carbonyl (C=O) groups is 3. The van der Waals surface area contributed by atoms with Crippen LogP contribution in [0, 0.1) is 0 Å². The van der Waals surface area contributed by atoms with Crippen molar-refractivity contribution >= 4 is 17.9 Å². The average Bonchev–Trinajstić information content (AvgIpc) is 2.79. The van der Waals surface area contributed by atoms with Crippen LogP contribution in [0.4, 0.5) is 4.79 Å². The van der Waals surface area contributed by atoms with E-state index in [0.717, 1.165) is 6.08 Å². The van der Waals surface area contributed by atoms with Gasteiger partial charge in [-0.05, 0) is 6.07 Å². The van der Waals surface area contributed by atoms with Crippen LogP contribution in [0.5, 0.6) is 0 Å². The normalized spacial score (nSPS) is 10.2. The van der Waals surface area contributed by atoms with Crippen LogP contribution in [-0.2, 0) is 16.1 Å². The molecule has 0 saturated heterocycles. The molecule has 1 aromatic rings. The van der Waals surface area contributed by atoms with Crippen LogP contribution >= 0.6 is 0 Å². The summed E-state index contributed by atoms with van der Waals surface area (Å²) in [5.74, 6) is -2.06. The van der Waals surface area contributed by atoms with Gasteiger partial charge in [0.25, 0.3) is 5.91 Å². The maximum Gasteiger partial charge on any atom is 0.328 e. The van der Waals surface area contributed by atoms with Crippen LogP contribution in [0.3, 0.4) is 0 Å². The second-order valence-corrected chi connectivity index (χ2v) is 3.19. The van der Waals surface area contributed by atoms with E-state index in [1.165, 1.54) is 0 Å². The molecule has 0 aromatic carbocycles. The summed E-state index contributed by atoms with van der Waals surface area (Å²) in [6.45, 7) is 0.767. The number of rotatable bonds is 5. The van der Waals surface area contributed by atoms with Crippen LogP contribution < -0.4 is 10.6 Å². The molecule has 0 unspecified atom stereocenters. The predicted octanol–water partition coefficient (Wildman–Crippen LogP) is -0.650. The van der Waals surface area contributed by atoms with E-state index in [0.29, 0.717) is 19.2 Å². The third kappa shape index (κ3) is 5.45. The lowest BCUT2D eigenvalue weighted by Crippen LogP contribution is -2.40. The summed E-state index contributed by atoms with van der Waals surface area (Å²) in [6, 6.07) is 1.06. The van der Waals surface area contributed by atoms with E-state index in [1.807, 2.05) is 5.32 Å². The number of amides is 3. The van der Waals surface area contributed by atoms with Gasteiger partial charge in [0.15, 0.2) is 0 Å². The van der Waals surface area contributed by atoms with Crippen molar-refractivity contribution in [1.82, 2.24) is 20.4 Å². The smallest absolute Gasteiger partial charge is 0.328 e. The molecule has 1 rings (SSSR count). The topological polar surface area (TPSA) is 113 Å². The number of carboxylic acid groups (broad SMARTS) is 1. The molecule has 8 heteroatoms. The van der Waals surface area contributed by atoms with Gasteiger partial charge >= 0.3 is 12.0 Å². The highest BCUT2D eigenvalue weighted by Gasteiger charge is 2.04. The second kappa shape index (κ2) is 6.84. The quantitative estimate of drug-likeness (QED) is 0.602. The van der Waals surface area contributed by atoms with Crippen molar-refractivity contribution < 1.29 is 19.5 Å². The minimum atomic E-state index is -1.26. The van der Waals surface area contributed by atoms with Gasteiger partial charge in [-0.25, -0.2) is 9.59 Å². The first-order valence-electron chi connectivity index (χ1n) is 5.05. The Bertz CT molecular complexity index is 452. The van der Waals surface area contributed by atoms with Crippen molar-refractivity contribution in [2.45, 2.75) is 6.54 Å². The predicted molar refractivity (Wildman–Crippen MR) is 60.5 cm³/mol. The number of carbonyl (C=O) groups excluding carboxylic acids is 2. The highest BCUT2D eigenvalue weighted by Crippen LogP contribution is 1.82. The zero-order valence-corrected chi connectivity index (χ0v) is 9.37. The summed E-state index contributed by atoms with van der Waals surface area (Å²) in [6.07, 6.45) is 4.75. The third-order valence-corrected chi connectivity index (χ3v) is 1.80. The number of hydrogen-bond acceptors (Lipinski definition) is 4. The number of nitrogens with one attached hydrogen (secondary N) is 2. The van der Waals surface area contributed by atoms with Crippen molar-refractivity contribution in [1.29, 1.82) is 0 Å². The van der Waals surface area contributed by atoms with E-state index < -0.39 is 17.9 Å². The Morgan fingerprint density at radius 2 is 2.11 bits per heavy atom. The minimum Gasteiger partial charge on any atom is -0.478 e. The first-order valence-corrected chi connectivity index (χ1v) is 5.05. The fourth-order valence-corrected chi connectivity index (χ4v) is 1.06. The van der Waals surface area contributed by atoms with Crippen molar-refractivity contribution in [2.24, 2.45) is 0 Å². The van der Waals surface area contributed by atoms with Crippen LogP contribution in [0.25, 0.3) is 0 Å². The number of aromatic nitrogens is 2. The molecule has 96 valence electrons. The van der Waals surface area contributed by atoms with E-state index in [1.54, 1.807) is 23.1 Å². The highest BCUT2D eigenvalue weighted by atomic mass is 16.4. The van der Waals surface area contributed by atoms with Crippen molar-refractivity contribution in [2.75, 3.05) is 6.54 Å². The van der Waals surface area contributed by atoms with E-state index in [9.17, 15) is 14.4 Å². The van der Waals surface area contributed by atoms with Gasteiger partial charge in [0.2, 0.25) is 0 Å². The number of carboxylic acids is 1. The SMILES string of the molecule is O=C(O)/C=C/C(=O)NC(=O)NCCn1cccn1. The second-order valence-electron chi connectivity index (χ2n) is 3.19. The summed E-state index contributed by atoms with van der Waals surface area (Å²) in [7, 11) is 0. The summed E-state index contributed by atoms with van der Waals surface area (Å²) in [5, 5.41) is 16.6. The molecule has 8 nitrogen and oxygen atoms in total. The number of aliphatic carboxylic acids is 1. The highest BCUT2D eigenvalue weighted by molar-refractivity contribution is 6.02. The first-order chi connectivity index (χ1) is 8.58. The molecule has 0 atom stereocenters. The monoisotopic (exact) mass is 252 g/mol. The fraction of sp³-hybridized carbons (Fsp3) is 0.200. The number of urea groups is 1. The van der Waals surface area contributed by atoms with Crippen molar-refractivity contribution in [3.63, 3.8) is 0 Å². The molecule has 0 aliphatic rings. The molecule has 0 aliphatic heterocycles. The Hall–Kier alpha value is -2.64. The van der Waals surface area contributed by atoms with Gasteiger partial charge in [-0.15, -0.1) is 0 Å². The average molecular weight is 252 g/mol. The minimum absolute atomic E-state index is 0.295. The maximum atomic E-state index is 11.2. The van der Waals surface area contributed by atoms with Gasteiger partial charge in [0, 0.05) is 31.1 Å². The lowest BCUT2D eigenvalue weighted by molar-refractivity contribution is -0.131. The van der Waals surface area contributed by atoms with Crippen molar-refractivity contribution in [3.05, 3.63) is 30.6 Å². The largest absolute Gasteiger partial charge is 0.478 e. The standard InChI is InChI=1S/C10H12N4O4/c15-8(2-3-9(16)17)13-10(18)11-5-7-14-6-1-4-12-14/h1-4,6H,5,7H2,(H,16,17)(H2,11,13,15,18)/b3-2+. The Morgan fingerprint density at radius 3 is 2.72 bits per heavy atom. The third-order valence-electron chi connectivity index (χ3n) is 1.80. The summed E-state index contributed by atoms with van der Waals surface area (Å²) >= 11 is 0. The molecule has 18 heavy (non-hydrogen) atoms. The molecule has 1 heterocycles. The molecular formula is C10H12N4O4. The van der Waals surface area contributed by atoms with Gasteiger partial charge in [0.05, 0.1) is 6.54 Å². The summed E-state index contributed by atoms with van der Waals surface area (Å²) in [5.41, 5.74) is 0. The number of nitrogens with zero attached hydrogens (tertiary/aromatic N) is 2. The summed E-state index contributed by atoms with van der Waals surface area (Å²) in [4.78, 5) is 32.3. The van der Waals surface area contributed by atoms with E-state index in [4.69, 9.17) is 5.11 Å². The fourth-order valence-electron chi connectivity index (χ4n) is 1.06. The Morgan fingerprint density at radius 1 is 1.33 bits per heavy atom. The molecule has 0 aliphatic carbocycles. The molecule has 0 radical (unpaired) electrons. The van der Waals surface area contributed by atoms with Crippen molar-refractivity contribution in [3.8, 4) is 0 Å². The molecule has 0 spiro atoms. The lowest BCUT2D eigenvalue weighted by atomic mass is 10.5. The lowest BCUT2D eigenvalue weighted by Gasteiger charge is -2.05. The number of hydrogen-bond donors (Lipinski definition) is 3. The van der Waals surface area contributed by atoms with Crippen LogP contribution in [0.2, 0.25) is 0 Å². The molecule has 0 fully saturated rings. The van der Waals surface area contributed by atoms with Gasteiger partial charge in [-0.3, -0.25) is 14.8 Å². The first kappa shape index (κ1) is 13.4. The Balaban J connectivity index is 2.21. The van der Waals surface area contributed by atoms with E-state index in [2.05, 4.69) is 10.4 Å². The van der Waals surface area contributed by atoms with Gasteiger partial charge in [-0.2, -0.15) is 5.10 Å². The molecule has 0 saturated carbocycles. The van der Waals surface area contributed by atoms with Crippen LogP contribution in [-0.4, -0.2) is 39.3 Å². The van der Waals surface area contributed by atoms with Gasteiger partial charge < -0.3 is 10.4 Å². The van der Waals surface area contributed by atoms with Gasteiger partial charge in [-0.1, -0.05) is 0 Å². The molecule has 1 aromatic heterocycles. The zero-order valence-electron chi connectivity index (χ0n) is 9.37.